The molecule has 1 aliphatic rings. The number of quaternary nitrogens is 1. The fourth-order valence-electron chi connectivity index (χ4n) is 4.04. The van der Waals surface area contributed by atoms with Gasteiger partial charge in [0.25, 0.3) is 0 Å². The minimum Gasteiger partial charge on any atom is -0.507 e. The van der Waals surface area contributed by atoms with Crippen molar-refractivity contribution in [2.45, 2.75) is 52.1 Å². The Labute approximate surface area is 208 Å². The minimum absolute atomic E-state index is 0.0761. The van der Waals surface area contributed by atoms with Crippen LogP contribution in [0.15, 0.2) is 48.1 Å². The molecular weight excluding hydrogens is 442 g/mol. The van der Waals surface area contributed by atoms with E-state index in [1.165, 1.54) is 16.5 Å². The van der Waals surface area contributed by atoms with E-state index in [-0.39, 0.29) is 29.3 Å². The molecule has 0 saturated heterocycles. The van der Waals surface area contributed by atoms with E-state index in [4.69, 9.17) is 9.47 Å². The Balaban J connectivity index is 1.67. The van der Waals surface area contributed by atoms with Gasteiger partial charge in [0.1, 0.15) is 30.3 Å². The number of hydrogen-bond acceptors (Lipinski definition) is 5. The van der Waals surface area contributed by atoms with Crippen LogP contribution in [0.25, 0.3) is 6.08 Å². The summed E-state index contributed by atoms with van der Waals surface area (Å²) in [5.41, 5.74) is 2.76. The van der Waals surface area contributed by atoms with Crippen LogP contribution in [-0.4, -0.2) is 48.8 Å². The van der Waals surface area contributed by atoms with Crippen molar-refractivity contribution in [3.63, 3.8) is 0 Å². The van der Waals surface area contributed by atoms with Crippen LogP contribution >= 0.6 is 0 Å². The monoisotopic (exact) mass is 480 g/mol. The van der Waals surface area contributed by atoms with Gasteiger partial charge in [0.15, 0.2) is 17.3 Å². The standard InChI is InChI=1S/C29H37NO5/c1-20(2)7-6-15-29(3)16-14-23-21(9-13-26(32)28(23)35-29)8-12-25(31)24-11-10-22(19-27(24)33)34-18-17-30(4)5/h7,9-11,13-14,16,19,32-33H,6,8,12,15,17-18H2,1-5H3/p+1/t29-/m1/s1. The summed E-state index contributed by atoms with van der Waals surface area (Å²) in [5.74, 6) is 0.870. The van der Waals surface area contributed by atoms with Gasteiger partial charge in [0.05, 0.1) is 19.7 Å². The molecule has 0 aliphatic carbocycles. The number of phenols is 2. The zero-order chi connectivity index (χ0) is 25.6. The molecule has 2 aromatic rings. The summed E-state index contributed by atoms with van der Waals surface area (Å²) in [5, 5.41) is 20.8. The van der Waals surface area contributed by atoms with Crippen LogP contribution in [0.2, 0.25) is 0 Å². The van der Waals surface area contributed by atoms with Gasteiger partial charge in [-0.2, -0.15) is 0 Å². The number of ether oxygens (including phenoxy) is 2. The Morgan fingerprint density at radius 2 is 1.91 bits per heavy atom. The van der Waals surface area contributed by atoms with E-state index in [9.17, 15) is 15.0 Å². The largest absolute Gasteiger partial charge is 0.507 e. The molecule has 0 bridgehead atoms. The van der Waals surface area contributed by atoms with Crippen LogP contribution in [-0.2, 0) is 6.42 Å². The van der Waals surface area contributed by atoms with Crippen LogP contribution in [0.4, 0.5) is 0 Å². The van der Waals surface area contributed by atoms with Crippen molar-refractivity contribution in [2.75, 3.05) is 27.2 Å². The lowest BCUT2D eigenvalue weighted by Crippen LogP contribution is -3.06. The van der Waals surface area contributed by atoms with E-state index >= 15 is 0 Å². The first-order valence-corrected chi connectivity index (χ1v) is 12.2. The van der Waals surface area contributed by atoms with Crippen molar-refractivity contribution in [3.8, 4) is 23.0 Å². The third-order valence-electron chi connectivity index (χ3n) is 6.16. The molecule has 1 atom stereocenters. The second-order valence-electron chi connectivity index (χ2n) is 9.96. The van der Waals surface area contributed by atoms with Gasteiger partial charge in [0.2, 0.25) is 0 Å². The lowest BCUT2D eigenvalue weighted by molar-refractivity contribution is -0.858. The zero-order valence-corrected chi connectivity index (χ0v) is 21.5. The first-order chi connectivity index (χ1) is 16.6. The van der Waals surface area contributed by atoms with Gasteiger partial charge >= 0.3 is 0 Å². The molecule has 6 heteroatoms. The highest BCUT2D eigenvalue weighted by atomic mass is 16.5. The summed E-state index contributed by atoms with van der Waals surface area (Å²) in [6.07, 6.45) is 8.57. The number of likely N-dealkylation sites (N-methyl/N-ethyl adjacent to an activating group) is 1. The number of benzene rings is 2. The number of allylic oxidation sites excluding steroid dienone is 2. The van der Waals surface area contributed by atoms with Crippen molar-refractivity contribution in [1.82, 2.24) is 0 Å². The van der Waals surface area contributed by atoms with Gasteiger partial charge in [-0.05, 0) is 69.9 Å². The number of ketones is 1. The van der Waals surface area contributed by atoms with Gasteiger partial charge in [-0.1, -0.05) is 23.8 Å². The van der Waals surface area contributed by atoms with Gasteiger partial charge in [0, 0.05) is 18.1 Å². The molecule has 6 nitrogen and oxygen atoms in total. The molecule has 0 spiro atoms. The van der Waals surface area contributed by atoms with Crippen LogP contribution in [0.1, 0.15) is 61.5 Å². The number of rotatable bonds is 11. The molecule has 1 heterocycles. The molecule has 3 rings (SSSR count). The fraction of sp³-hybridized carbons (Fsp3) is 0.414. The number of carbonyl (C=O) groups excluding carboxylic acids is 1. The smallest absolute Gasteiger partial charge is 0.169 e. The van der Waals surface area contributed by atoms with Gasteiger partial charge in [-0.25, -0.2) is 0 Å². The Morgan fingerprint density at radius 1 is 1.14 bits per heavy atom. The SMILES string of the molecule is CC(C)=CCC[C@]1(C)C=Cc2c(CCC(=O)c3ccc(OCC[NH+](C)C)cc3O)ccc(O)c2O1. The van der Waals surface area contributed by atoms with Crippen molar-refractivity contribution >= 4 is 11.9 Å². The van der Waals surface area contributed by atoms with E-state index in [2.05, 4.69) is 19.9 Å². The summed E-state index contributed by atoms with van der Waals surface area (Å²) in [7, 11) is 4.08. The Bertz CT molecular complexity index is 1110. The number of carbonyl (C=O) groups is 1. The van der Waals surface area contributed by atoms with Crippen molar-refractivity contribution in [2.24, 2.45) is 0 Å². The lowest BCUT2D eigenvalue weighted by Gasteiger charge is -2.32. The maximum absolute atomic E-state index is 12.9. The van der Waals surface area contributed by atoms with Crippen molar-refractivity contribution < 1.29 is 29.4 Å². The molecular formula is C29H38NO5+. The van der Waals surface area contributed by atoms with Crippen LogP contribution in [0.5, 0.6) is 23.0 Å². The second kappa shape index (κ2) is 11.5. The highest BCUT2D eigenvalue weighted by Crippen LogP contribution is 2.42. The van der Waals surface area contributed by atoms with Crippen LogP contribution < -0.4 is 14.4 Å². The summed E-state index contributed by atoms with van der Waals surface area (Å²) in [6.45, 7) is 7.53. The average Bonchev–Trinajstić information content (AvgIpc) is 2.78. The molecule has 3 N–H and O–H groups in total. The maximum Gasteiger partial charge on any atom is 0.169 e. The number of hydrogen-bond donors (Lipinski definition) is 3. The Kier molecular flexibility index (Phi) is 8.62. The zero-order valence-electron chi connectivity index (χ0n) is 21.5. The van der Waals surface area contributed by atoms with Crippen molar-refractivity contribution in [1.29, 1.82) is 0 Å². The Morgan fingerprint density at radius 3 is 2.60 bits per heavy atom. The first-order valence-electron chi connectivity index (χ1n) is 12.2. The van der Waals surface area contributed by atoms with E-state index in [1.807, 2.05) is 39.2 Å². The topological polar surface area (TPSA) is 80.4 Å². The predicted octanol–water partition coefficient (Wildman–Crippen LogP) is 4.35. The summed E-state index contributed by atoms with van der Waals surface area (Å²) in [6, 6.07) is 8.26. The number of phenolic OH excluding ortho intramolecular Hbond substituents is 2. The number of aryl methyl sites for hydroxylation is 1. The summed E-state index contributed by atoms with van der Waals surface area (Å²) >= 11 is 0. The van der Waals surface area contributed by atoms with Gasteiger partial charge in [-0.15, -0.1) is 0 Å². The molecule has 0 saturated carbocycles. The normalized spacial score (nSPS) is 16.5. The molecule has 0 amide bonds. The third kappa shape index (κ3) is 7.12. The fourth-order valence-corrected chi connectivity index (χ4v) is 4.04. The second-order valence-corrected chi connectivity index (χ2v) is 9.96. The molecule has 0 unspecified atom stereocenters. The molecule has 35 heavy (non-hydrogen) atoms. The highest BCUT2D eigenvalue weighted by molar-refractivity contribution is 5.98. The quantitative estimate of drug-likeness (QED) is 0.329. The third-order valence-corrected chi connectivity index (χ3v) is 6.16. The van der Waals surface area contributed by atoms with Gasteiger partial charge < -0.3 is 24.6 Å². The van der Waals surface area contributed by atoms with E-state index < -0.39 is 5.60 Å². The number of Topliss-reactive ketones (excluding diaryl/α,β-unsaturated/α-hetero) is 1. The average molecular weight is 481 g/mol. The number of nitrogens with one attached hydrogen (secondary N) is 1. The Hall–Kier alpha value is -3.25. The molecule has 0 radical (unpaired) electrons. The summed E-state index contributed by atoms with van der Waals surface area (Å²) in [4.78, 5) is 14.1. The van der Waals surface area contributed by atoms with Crippen molar-refractivity contribution in [3.05, 3.63) is 64.7 Å². The van der Waals surface area contributed by atoms with E-state index in [0.717, 1.165) is 30.5 Å². The predicted molar refractivity (Wildman–Crippen MR) is 139 cm³/mol. The van der Waals surface area contributed by atoms with Crippen LogP contribution in [0, 0.1) is 0 Å². The van der Waals surface area contributed by atoms with E-state index in [1.54, 1.807) is 18.2 Å². The summed E-state index contributed by atoms with van der Waals surface area (Å²) < 4.78 is 11.9. The maximum atomic E-state index is 12.9. The minimum atomic E-state index is -0.506. The van der Waals surface area contributed by atoms with E-state index in [0.29, 0.717) is 24.5 Å². The molecule has 0 aromatic heterocycles. The molecule has 1 aliphatic heterocycles. The van der Waals surface area contributed by atoms with Crippen LogP contribution in [0.3, 0.4) is 0 Å². The number of aromatic hydroxyl groups is 2. The molecule has 0 fully saturated rings. The lowest BCUT2D eigenvalue weighted by atomic mass is 9.91. The van der Waals surface area contributed by atoms with Gasteiger partial charge in [-0.3, -0.25) is 4.79 Å². The number of fused-ring (bicyclic) bond motifs is 1. The first kappa shape index (κ1) is 26.4. The molecule has 2 aromatic carbocycles. The highest BCUT2D eigenvalue weighted by Gasteiger charge is 2.29. The molecule has 188 valence electrons.